The first-order valence-electron chi connectivity index (χ1n) is 7.08. The van der Waals surface area contributed by atoms with Crippen molar-refractivity contribution in [1.29, 1.82) is 0 Å². The highest BCUT2D eigenvalue weighted by Gasteiger charge is 2.21. The second-order valence-electron chi connectivity index (χ2n) is 5.07. The number of esters is 1. The molecule has 0 spiro atoms. The zero-order chi connectivity index (χ0) is 15.8. The predicted octanol–water partition coefficient (Wildman–Crippen LogP) is 3.28. The average molecular weight is 312 g/mol. The molecule has 0 aliphatic carbocycles. The Morgan fingerprint density at radius 3 is 2.43 bits per heavy atom. The molecule has 1 unspecified atom stereocenters. The van der Waals surface area contributed by atoms with Gasteiger partial charge in [0.25, 0.3) is 0 Å². The summed E-state index contributed by atoms with van der Waals surface area (Å²) in [5.41, 5.74) is 0.987. The molecule has 1 amide bonds. The minimum absolute atomic E-state index is 0.0446. The topological polar surface area (TPSA) is 46.6 Å². The predicted molar refractivity (Wildman–Crippen MR) is 83.0 cm³/mol. The fourth-order valence-corrected chi connectivity index (χ4v) is 2.17. The van der Waals surface area contributed by atoms with Gasteiger partial charge in [0.1, 0.15) is 0 Å². The first kappa shape index (κ1) is 17.5. The van der Waals surface area contributed by atoms with E-state index in [0.29, 0.717) is 24.5 Å². The quantitative estimate of drug-likeness (QED) is 0.726. The molecular formula is C16H22ClNO3. The Morgan fingerprint density at radius 1 is 1.29 bits per heavy atom. The zero-order valence-electron chi connectivity index (χ0n) is 12.8. The summed E-state index contributed by atoms with van der Waals surface area (Å²) in [5, 5.41) is 0.660. The van der Waals surface area contributed by atoms with Crippen LogP contribution in [0.5, 0.6) is 0 Å². The average Bonchev–Trinajstić information content (AvgIpc) is 2.48. The number of hydrogen-bond acceptors (Lipinski definition) is 3. The number of methoxy groups -OCH3 is 1. The molecule has 1 rings (SSSR count). The van der Waals surface area contributed by atoms with E-state index in [9.17, 15) is 9.59 Å². The summed E-state index contributed by atoms with van der Waals surface area (Å²) in [6.07, 6.45) is 1.25. The van der Waals surface area contributed by atoms with Gasteiger partial charge in [0, 0.05) is 24.5 Å². The van der Waals surface area contributed by atoms with E-state index in [2.05, 4.69) is 0 Å². The van der Waals surface area contributed by atoms with Crippen LogP contribution in [0.2, 0.25) is 5.02 Å². The van der Waals surface area contributed by atoms with Crippen molar-refractivity contribution in [2.45, 2.75) is 33.2 Å². The standard InChI is InChI=1S/C16H22ClNO3/c1-4-5-15(19)18(10-12(2)16(20)21-3)11-13-6-8-14(17)9-7-13/h6-9,12H,4-5,10-11H2,1-3H3. The van der Waals surface area contributed by atoms with Crippen LogP contribution in [0, 0.1) is 5.92 Å². The fourth-order valence-electron chi connectivity index (χ4n) is 2.04. The summed E-state index contributed by atoms with van der Waals surface area (Å²) >= 11 is 5.86. The van der Waals surface area contributed by atoms with E-state index in [1.54, 1.807) is 24.0 Å². The molecule has 5 heteroatoms. The molecule has 0 N–H and O–H groups in total. The minimum Gasteiger partial charge on any atom is -0.469 e. The second-order valence-corrected chi connectivity index (χ2v) is 5.51. The summed E-state index contributed by atoms with van der Waals surface area (Å²) in [5.74, 6) is -0.605. The summed E-state index contributed by atoms with van der Waals surface area (Å²) in [6.45, 7) is 4.55. The normalized spacial score (nSPS) is 11.8. The smallest absolute Gasteiger partial charge is 0.310 e. The molecule has 21 heavy (non-hydrogen) atoms. The van der Waals surface area contributed by atoms with E-state index in [1.807, 2.05) is 19.1 Å². The molecule has 1 atom stereocenters. The Morgan fingerprint density at radius 2 is 1.90 bits per heavy atom. The van der Waals surface area contributed by atoms with Crippen molar-refractivity contribution in [2.75, 3.05) is 13.7 Å². The summed E-state index contributed by atoms with van der Waals surface area (Å²) in [6, 6.07) is 7.36. The molecule has 0 saturated carbocycles. The molecule has 1 aromatic rings. The van der Waals surface area contributed by atoms with Gasteiger partial charge >= 0.3 is 5.97 Å². The molecular weight excluding hydrogens is 290 g/mol. The van der Waals surface area contributed by atoms with Gasteiger partial charge in [0.15, 0.2) is 0 Å². The number of carbonyl (C=O) groups excluding carboxylic acids is 2. The van der Waals surface area contributed by atoms with Gasteiger partial charge in [-0.3, -0.25) is 9.59 Å². The molecule has 0 fully saturated rings. The molecule has 0 aliphatic rings. The maximum absolute atomic E-state index is 12.2. The Hall–Kier alpha value is -1.55. The van der Waals surface area contributed by atoms with Crippen molar-refractivity contribution in [1.82, 2.24) is 4.90 Å². The number of amides is 1. The Kier molecular flexibility index (Phi) is 7.23. The van der Waals surface area contributed by atoms with Crippen LogP contribution < -0.4 is 0 Å². The fraction of sp³-hybridized carbons (Fsp3) is 0.500. The Labute approximate surface area is 131 Å². The largest absolute Gasteiger partial charge is 0.469 e. The van der Waals surface area contributed by atoms with E-state index in [1.165, 1.54) is 7.11 Å². The van der Waals surface area contributed by atoms with Crippen LogP contribution in [0.25, 0.3) is 0 Å². The van der Waals surface area contributed by atoms with Gasteiger partial charge in [-0.25, -0.2) is 0 Å². The highest BCUT2D eigenvalue weighted by molar-refractivity contribution is 6.30. The Balaban J connectivity index is 2.79. The second kappa shape index (κ2) is 8.67. The van der Waals surface area contributed by atoms with E-state index < -0.39 is 0 Å². The van der Waals surface area contributed by atoms with Crippen molar-refractivity contribution < 1.29 is 14.3 Å². The number of halogens is 1. The zero-order valence-corrected chi connectivity index (χ0v) is 13.5. The number of rotatable bonds is 7. The van der Waals surface area contributed by atoms with Crippen molar-refractivity contribution in [2.24, 2.45) is 5.92 Å². The molecule has 116 valence electrons. The SMILES string of the molecule is CCCC(=O)N(Cc1ccc(Cl)cc1)CC(C)C(=O)OC. The lowest BCUT2D eigenvalue weighted by Crippen LogP contribution is -2.36. The van der Waals surface area contributed by atoms with E-state index >= 15 is 0 Å². The third-order valence-corrected chi connectivity index (χ3v) is 3.45. The van der Waals surface area contributed by atoms with Crippen molar-refractivity contribution in [3.05, 3.63) is 34.9 Å². The van der Waals surface area contributed by atoms with Gasteiger partial charge in [0.2, 0.25) is 5.91 Å². The van der Waals surface area contributed by atoms with Gasteiger partial charge in [-0.2, -0.15) is 0 Å². The third-order valence-electron chi connectivity index (χ3n) is 3.20. The van der Waals surface area contributed by atoms with Crippen LogP contribution in [-0.2, 0) is 20.9 Å². The van der Waals surface area contributed by atoms with Gasteiger partial charge < -0.3 is 9.64 Å². The lowest BCUT2D eigenvalue weighted by atomic mass is 10.1. The van der Waals surface area contributed by atoms with Crippen molar-refractivity contribution in [3.8, 4) is 0 Å². The number of benzene rings is 1. The van der Waals surface area contributed by atoms with Gasteiger partial charge in [-0.05, 0) is 24.1 Å². The summed E-state index contributed by atoms with van der Waals surface area (Å²) in [4.78, 5) is 25.5. The molecule has 4 nitrogen and oxygen atoms in total. The van der Waals surface area contributed by atoms with Crippen LogP contribution in [0.1, 0.15) is 32.3 Å². The third kappa shape index (κ3) is 5.76. The number of carbonyl (C=O) groups is 2. The first-order chi connectivity index (χ1) is 9.97. The maximum atomic E-state index is 12.2. The molecule has 0 bridgehead atoms. The number of hydrogen-bond donors (Lipinski definition) is 0. The van der Waals surface area contributed by atoms with Crippen LogP contribution in [0.4, 0.5) is 0 Å². The monoisotopic (exact) mass is 311 g/mol. The lowest BCUT2D eigenvalue weighted by molar-refractivity contribution is -0.146. The van der Waals surface area contributed by atoms with Gasteiger partial charge in [-0.1, -0.05) is 37.6 Å². The molecule has 0 radical (unpaired) electrons. The van der Waals surface area contributed by atoms with E-state index in [-0.39, 0.29) is 17.8 Å². The van der Waals surface area contributed by atoms with Gasteiger partial charge in [-0.15, -0.1) is 0 Å². The van der Waals surface area contributed by atoms with Crippen LogP contribution in [0.15, 0.2) is 24.3 Å². The van der Waals surface area contributed by atoms with Crippen LogP contribution in [0.3, 0.4) is 0 Å². The maximum Gasteiger partial charge on any atom is 0.310 e. The van der Waals surface area contributed by atoms with Crippen LogP contribution >= 0.6 is 11.6 Å². The lowest BCUT2D eigenvalue weighted by Gasteiger charge is -2.25. The summed E-state index contributed by atoms with van der Waals surface area (Å²) < 4.78 is 4.72. The highest BCUT2D eigenvalue weighted by atomic mass is 35.5. The van der Waals surface area contributed by atoms with E-state index in [4.69, 9.17) is 16.3 Å². The molecule has 0 aromatic heterocycles. The van der Waals surface area contributed by atoms with Crippen molar-refractivity contribution in [3.63, 3.8) is 0 Å². The molecule has 0 heterocycles. The van der Waals surface area contributed by atoms with Crippen molar-refractivity contribution >= 4 is 23.5 Å². The Bertz CT molecular complexity index is 473. The van der Waals surface area contributed by atoms with Gasteiger partial charge in [0.05, 0.1) is 13.0 Å². The molecule has 0 aliphatic heterocycles. The number of nitrogens with zero attached hydrogens (tertiary/aromatic N) is 1. The first-order valence-corrected chi connectivity index (χ1v) is 7.45. The molecule has 0 saturated heterocycles. The van der Waals surface area contributed by atoms with Crippen LogP contribution in [-0.4, -0.2) is 30.4 Å². The molecule has 1 aromatic carbocycles. The van der Waals surface area contributed by atoms with E-state index in [0.717, 1.165) is 12.0 Å². The highest BCUT2D eigenvalue weighted by Crippen LogP contribution is 2.14. The number of ether oxygens (including phenoxy) is 1. The summed E-state index contributed by atoms with van der Waals surface area (Å²) in [7, 11) is 1.36. The minimum atomic E-state index is -0.344.